The van der Waals surface area contributed by atoms with Gasteiger partial charge in [-0.3, -0.25) is 0 Å². The zero-order valence-electron chi connectivity index (χ0n) is 7.91. The van der Waals surface area contributed by atoms with Gasteiger partial charge in [0.1, 0.15) is 5.76 Å². The van der Waals surface area contributed by atoms with Gasteiger partial charge in [-0.05, 0) is 22.4 Å². The predicted octanol–water partition coefficient (Wildman–Crippen LogP) is 3.21. The van der Waals surface area contributed by atoms with Gasteiger partial charge in [-0.15, -0.1) is 0 Å². The second-order valence-corrected chi connectivity index (χ2v) is 3.18. The van der Waals surface area contributed by atoms with E-state index < -0.39 is 0 Å². The van der Waals surface area contributed by atoms with Gasteiger partial charge in [0.15, 0.2) is 0 Å². The lowest BCUT2D eigenvalue weighted by Gasteiger charge is -2.00. The predicted molar refractivity (Wildman–Crippen MR) is 54.4 cm³/mol. The van der Waals surface area contributed by atoms with E-state index in [0.29, 0.717) is 0 Å². The second-order valence-electron chi connectivity index (χ2n) is 3.18. The van der Waals surface area contributed by atoms with E-state index >= 15 is 0 Å². The molecule has 0 unspecified atom stereocenters. The summed E-state index contributed by atoms with van der Waals surface area (Å²) < 4.78 is 7.74. The Hall–Kier alpha value is -1.76. The molecule has 0 atom stereocenters. The van der Waals surface area contributed by atoms with Gasteiger partial charge in [-0.25, -0.2) is 0 Å². The van der Waals surface area contributed by atoms with Gasteiger partial charge in [0.25, 0.3) is 0 Å². The van der Waals surface area contributed by atoms with Crippen molar-refractivity contribution in [3.05, 3.63) is 47.5 Å². The molecule has 1 N–H and O–H groups in total. The maximum atomic E-state index is 9.73. The Morgan fingerprint density at radius 3 is 2.69 bits per heavy atom. The van der Waals surface area contributed by atoms with Crippen LogP contribution in [-0.2, 0) is 0 Å². The maximum absolute atomic E-state index is 9.73. The van der Waals surface area contributed by atoms with E-state index in [4.69, 9.17) is 1.37 Å². The van der Waals surface area contributed by atoms with Gasteiger partial charge in [0.2, 0.25) is 0 Å². The largest absolute Gasteiger partial charge is 0.507 e. The SMILES string of the molecule is [2H]C1=C(O)c2cccc3cccc1c23. The highest BCUT2D eigenvalue weighted by atomic mass is 16.3. The lowest BCUT2D eigenvalue weighted by Crippen LogP contribution is -1.79. The van der Waals surface area contributed by atoms with E-state index in [0.717, 1.165) is 21.9 Å². The summed E-state index contributed by atoms with van der Waals surface area (Å²) in [6.45, 7) is 0. The van der Waals surface area contributed by atoms with Crippen LogP contribution in [0.25, 0.3) is 22.6 Å². The molecule has 2 aromatic carbocycles. The molecule has 0 amide bonds. The Labute approximate surface area is 77.3 Å². The molecule has 0 aliphatic heterocycles. The minimum Gasteiger partial charge on any atom is -0.507 e. The standard InChI is InChI=1S/C12H8O/c13-11-7-9-5-1-3-8-4-2-6-10(11)12(8)9/h1-7,13H/i7D. The van der Waals surface area contributed by atoms with Crippen molar-refractivity contribution in [2.24, 2.45) is 0 Å². The first-order valence-corrected chi connectivity index (χ1v) is 4.21. The van der Waals surface area contributed by atoms with E-state index in [1.54, 1.807) is 0 Å². The molecule has 1 aliphatic carbocycles. The third kappa shape index (κ3) is 0.760. The summed E-state index contributed by atoms with van der Waals surface area (Å²) in [4.78, 5) is 0. The van der Waals surface area contributed by atoms with Crippen molar-refractivity contribution in [3.63, 3.8) is 0 Å². The highest BCUT2D eigenvalue weighted by Crippen LogP contribution is 2.34. The average molecular weight is 169 g/mol. The summed E-state index contributed by atoms with van der Waals surface area (Å²) in [6.07, 6.45) is 0. The Bertz CT molecular complexity index is 523. The molecule has 2 aromatic rings. The number of hydrogen-bond donors (Lipinski definition) is 1. The van der Waals surface area contributed by atoms with Gasteiger partial charge in [0.05, 0.1) is 1.37 Å². The number of aliphatic hydroxyl groups is 1. The molecule has 0 heterocycles. The minimum absolute atomic E-state index is 0.0943. The zero-order valence-corrected chi connectivity index (χ0v) is 6.91. The first-order chi connectivity index (χ1) is 6.79. The van der Waals surface area contributed by atoms with Crippen LogP contribution in [0.1, 0.15) is 12.5 Å². The first kappa shape index (κ1) is 5.81. The van der Waals surface area contributed by atoms with E-state index in [1.807, 2.05) is 36.4 Å². The molecule has 1 aliphatic rings. The third-order valence-corrected chi connectivity index (χ3v) is 2.41. The van der Waals surface area contributed by atoms with Crippen molar-refractivity contribution >= 4 is 22.6 Å². The Balaban J connectivity index is 2.59. The van der Waals surface area contributed by atoms with Crippen LogP contribution in [-0.4, -0.2) is 5.11 Å². The number of hydrogen-bond acceptors (Lipinski definition) is 1. The molecular weight excluding hydrogens is 160 g/mol. The summed E-state index contributed by atoms with van der Waals surface area (Å²) in [5, 5.41) is 11.8. The van der Waals surface area contributed by atoms with E-state index in [2.05, 4.69) is 0 Å². The number of aliphatic hydroxyl groups excluding tert-OH is 1. The fourth-order valence-electron chi connectivity index (χ4n) is 1.84. The van der Waals surface area contributed by atoms with Gasteiger partial charge in [-0.1, -0.05) is 36.4 Å². The van der Waals surface area contributed by atoms with E-state index in [9.17, 15) is 5.11 Å². The van der Waals surface area contributed by atoms with E-state index in [1.165, 1.54) is 0 Å². The molecule has 1 heteroatoms. The van der Waals surface area contributed by atoms with Crippen LogP contribution in [0.3, 0.4) is 0 Å². The molecule has 1 nitrogen and oxygen atoms in total. The van der Waals surface area contributed by atoms with Crippen LogP contribution >= 0.6 is 0 Å². The van der Waals surface area contributed by atoms with Crippen LogP contribution < -0.4 is 0 Å². The third-order valence-electron chi connectivity index (χ3n) is 2.41. The summed E-state index contributed by atoms with van der Waals surface area (Å²) in [5.41, 5.74) is 1.61. The Morgan fingerprint density at radius 2 is 1.85 bits per heavy atom. The van der Waals surface area contributed by atoms with Gasteiger partial charge in [-0.2, -0.15) is 0 Å². The van der Waals surface area contributed by atoms with Crippen molar-refractivity contribution in [2.75, 3.05) is 0 Å². The number of rotatable bonds is 0. The van der Waals surface area contributed by atoms with E-state index in [-0.39, 0.29) is 11.8 Å². The summed E-state index contributed by atoms with van der Waals surface area (Å²) in [7, 11) is 0. The molecule has 0 spiro atoms. The molecule has 0 radical (unpaired) electrons. The van der Waals surface area contributed by atoms with Crippen molar-refractivity contribution < 1.29 is 6.48 Å². The molecule has 0 saturated heterocycles. The molecule has 0 fully saturated rings. The molecule has 3 rings (SSSR count). The lowest BCUT2D eigenvalue weighted by molar-refractivity contribution is 0.517. The average Bonchev–Trinajstić information content (AvgIpc) is 2.47. The Kier molecular flexibility index (Phi) is 0.954. The first-order valence-electron chi connectivity index (χ1n) is 4.71. The smallest absolute Gasteiger partial charge is 0.124 e. The molecule has 0 saturated carbocycles. The molecule has 62 valence electrons. The van der Waals surface area contributed by atoms with Crippen LogP contribution in [0.15, 0.2) is 36.4 Å². The molecular formula is C12H8O. The highest BCUT2D eigenvalue weighted by Gasteiger charge is 2.14. The van der Waals surface area contributed by atoms with Gasteiger partial charge in [0, 0.05) is 5.56 Å². The fraction of sp³-hybridized carbons (Fsp3) is 0. The maximum Gasteiger partial charge on any atom is 0.124 e. The van der Waals surface area contributed by atoms with Crippen molar-refractivity contribution in [1.82, 2.24) is 0 Å². The molecule has 13 heavy (non-hydrogen) atoms. The monoisotopic (exact) mass is 169 g/mol. The van der Waals surface area contributed by atoms with Crippen molar-refractivity contribution in [2.45, 2.75) is 0 Å². The molecule has 0 bridgehead atoms. The quantitative estimate of drug-likeness (QED) is 0.642. The van der Waals surface area contributed by atoms with Crippen molar-refractivity contribution in [1.29, 1.82) is 0 Å². The molecule has 0 aromatic heterocycles. The van der Waals surface area contributed by atoms with Crippen molar-refractivity contribution in [3.8, 4) is 0 Å². The lowest BCUT2D eigenvalue weighted by atomic mass is 10.0. The van der Waals surface area contributed by atoms with Crippen LogP contribution in [0.5, 0.6) is 0 Å². The summed E-state index contributed by atoms with van der Waals surface area (Å²) in [6, 6.07) is 11.8. The summed E-state index contributed by atoms with van der Waals surface area (Å²) >= 11 is 0. The van der Waals surface area contributed by atoms with Crippen LogP contribution in [0.2, 0.25) is 0 Å². The highest BCUT2D eigenvalue weighted by molar-refractivity contribution is 6.07. The number of benzene rings is 2. The van der Waals surface area contributed by atoms with Crippen LogP contribution in [0.4, 0.5) is 0 Å². The summed E-state index contributed by atoms with van der Waals surface area (Å²) in [5.74, 6) is 0.0943. The normalized spacial score (nSPS) is 15.2. The minimum atomic E-state index is 0.0943. The van der Waals surface area contributed by atoms with Crippen LogP contribution in [0, 0.1) is 0 Å². The second kappa shape index (κ2) is 2.13. The topological polar surface area (TPSA) is 20.2 Å². The Morgan fingerprint density at radius 1 is 1.08 bits per heavy atom. The van der Waals surface area contributed by atoms with Gasteiger partial charge >= 0.3 is 0 Å². The zero-order chi connectivity index (χ0) is 9.71. The van der Waals surface area contributed by atoms with Gasteiger partial charge < -0.3 is 5.11 Å². The fourth-order valence-corrected chi connectivity index (χ4v) is 1.84.